The maximum atomic E-state index is 13.6. The first-order valence-corrected chi connectivity index (χ1v) is 12.6. The first-order valence-electron chi connectivity index (χ1n) is 12.6. The number of hydrogen-bond donors (Lipinski definition) is 1. The van der Waals surface area contributed by atoms with E-state index in [1.54, 1.807) is 0 Å². The molecule has 2 bridgehead atoms. The average molecular weight is 515 g/mol. The lowest BCUT2D eigenvalue weighted by molar-refractivity contribution is -0.946. The van der Waals surface area contributed by atoms with Crippen LogP contribution in [0.4, 0.5) is 0 Å². The molecule has 4 nitrogen and oxygen atoms in total. The van der Waals surface area contributed by atoms with Crippen LogP contribution in [0.2, 0.25) is 0 Å². The second-order valence-electron chi connectivity index (χ2n) is 10.2. The molecular weight excluding hydrogens is 478 g/mol. The molecule has 0 aromatic heterocycles. The van der Waals surface area contributed by atoms with Crippen molar-refractivity contribution in [2.24, 2.45) is 5.92 Å². The van der Waals surface area contributed by atoms with Crippen molar-refractivity contribution in [3.05, 3.63) is 59.7 Å². The molecule has 2 aromatic carbocycles. The van der Waals surface area contributed by atoms with Crippen molar-refractivity contribution >= 4 is 5.97 Å². The van der Waals surface area contributed by atoms with Crippen LogP contribution in [0, 0.1) is 5.92 Å². The zero-order valence-corrected chi connectivity index (χ0v) is 21.2. The highest BCUT2D eigenvalue weighted by Gasteiger charge is 2.53. The summed E-state index contributed by atoms with van der Waals surface area (Å²) in [5, 5.41) is 11.8. The molecule has 33 heavy (non-hydrogen) atoms. The SMILES string of the molecule is CCCCCCC[N+]12CCC(CC1)[C@@H](OC(=O)C1(O)c3ccccc3-c3ccccc31)C2.[Br-]. The van der Waals surface area contributed by atoms with Gasteiger partial charge in [0.2, 0.25) is 5.60 Å². The number of esters is 1. The predicted octanol–water partition coefficient (Wildman–Crippen LogP) is 2.03. The number of unbranched alkanes of at least 4 members (excludes halogenated alkanes) is 4. The molecule has 5 heteroatoms. The lowest BCUT2D eigenvalue weighted by Crippen LogP contribution is -3.00. The summed E-state index contributed by atoms with van der Waals surface area (Å²) in [5.41, 5.74) is 1.42. The third kappa shape index (κ3) is 4.28. The van der Waals surface area contributed by atoms with Crippen LogP contribution in [-0.2, 0) is 15.1 Å². The van der Waals surface area contributed by atoms with E-state index in [1.165, 1.54) is 51.7 Å². The lowest BCUT2D eigenvalue weighted by Gasteiger charge is -2.52. The third-order valence-corrected chi connectivity index (χ3v) is 8.26. The number of fused-ring (bicyclic) bond motifs is 6. The highest BCUT2D eigenvalue weighted by atomic mass is 79.9. The van der Waals surface area contributed by atoms with Crippen molar-refractivity contribution < 1.29 is 36.1 Å². The molecule has 6 rings (SSSR count). The Morgan fingerprint density at radius 1 is 0.970 bits per heavy atom. The molecule has 3 saturated heterocycles. The summed E-state index contributed by atoms with van der Waals surface area (Å²) in [6.07, 6.45) is 8.63. The average Bonchev–Trinajstić information content (AvgIpc) is 3.10. The Hall–Kier alpha value is -1.69. The minimum atomic E-state index is -1.72. The van der Waals surface area contributed by atoms with Crippen molar-refractivity contribution in [3.8, 4) is 11.1 Å². The second-order valence-corrected chi connectivity index (χ2v) is 10.2. The van der Waals surface area contributed by atoms with Gasteiger partial charge < -0.3 is 31.3 Å². The van der Waals surface area contributed by atoms with Gasteiger partial charge in [-0.1, -0.05) is 74.7 Å². The fraction of sp³-hybridized carbons (Fsp3) is 0.536. The number of piperidine rings is 3. The number of nitrogens with zero attached hydrogens (tertiary/aromatic N) is 1. The number of carbonyl (C=O) groups excluding carboxylic acids is 1. The van der Waals surface area contributed by atoms with Gasteiger partial charge in [0.05, 0.1) is 19.6 Å². The largest absolute Gasteiger partial charge is 1.00 e. The first kappa shape index (κ1) is 24.4. The van der Waals surface area contributed by atoms with Crippen molar-refractivity contribution in [1.82, 2.24) is 0 Å². The lowest BCUT2D eigenvalue weighted by atomic mass is 9.82. The summed E-state index contributed by atoms with van der Waals surface area (Å²) in [6, 6.07) is 15.3. The van der Waals surface area contributed by atoms with E-state index in [1.807, 2.05) is 48.5 Å². The van der Waals surface area contributed by atoms with Gasteiger partial charge in [-0.3, -0.25) is 0 Å². The van der Waals surface area contributed by atoms with Crippen LogP contribution in [0.25, 0.3) is 11.1 Å². The molecule has 0 saturated carbocycles. The predicted molar refractivity (Wildman–Crippen MR) is 126 cm³/mol. The Balaban J connectivity index is 0.00000259. The van der Waals surface area contributed by atoms with Gasteiger partial charge in [-0.25, -0.2) is 4.79 Å². The van der Waals surface area contributed by atoms with E-state index in [2.05, 4.69) is 6.92 Å². The van der Waals surface area contributed by atoms with Crippen LogP contribution in [-0.4, -0.2) is 47.8 Å². The number of carbonyl (C=O) groups is 1. The number of quaternary nitrogens is 1. The fourth-order valence-electron chi connectivity index (χ4n) is 6.37. The van der Waals surface area contributed by atoms with E-state index >= 15 is 0 Å². The molecule has 3 aliphatic heterocycles. The minimum absolute atomic E-state index is 0. The van der Waals surface area contributed by atoms with Crippen molar-refractivity contribution in [2.45, 2.75) is 63.6 Å². The quantitative estimate of drug-likeness (QED) is 0.333. The molecule has 178 valence electrons. The Morgan fingerprint density at radius 3 is 2.15 bits per heavy atom. The molecule has 0 unspecified atom stereocenters. The topological polar surface area (TPSA) is 46.5 Å². The van der Waals surface area contributed by atoms with Gasteiger partial charge in [-0.05, 0) is 24.0 Å². The maximum Gasteiger partial charge on any atom is 0.348 e. The molecule has 2 aromatic rings. The number of rotatable bonds is 8. The number of hydrogen-bond acceptors (Lipinski definition) is 3. The van der Waals surface area contributed by atoms with Gasteiger partial charge in [-0.15, -0.1) is 0 Å². The summed E-state index contributed by atoms with van der Waals surface area (Å²) in [6.45, 7) is 6.78. The molecule has 0 amide bonds. The molecule has 1 aliphatic carbocycles. The minimum Gasteiger partial charge on any atom is -1.00 e. The Kier molecular flexibility index (Phi) is 7.32. The first-order chi connectivity index (χ1) is 15.6. The van der Waals surface area contributed by atoms with Crippen molar-refractivity contribution in [3.63, 3.8) is 0 Å². The Labute approximate surface area is 208 Å². The van der Waals surface area contributed by atoms with Crippen LogP contribution >= 0.6 is 0 Å². The van der Waals surface area contributed by atoms with Crippen LogP contribution in [0.5, 0.6) is 0 Å². The highest BCUT2D eigenvalue weighted by Crippen LogP contribution is 2.48. The van der Waals surface area contributed by atoms with E-state index < -0.39 is 11.6 Å². The molecule has 0 radical (unpaired) electrons. The van der Waals surface area contributed by atoms with Crippen LogP contribution in [0.1, 0.15) is 63.0 Å². The van der Waals surface area contributed by atoms with E-state index in [-0.39, 0.29) is 23.1 Å². The van der Waals surface area contributed by atoms with E-state index in [9.17, 15) is 9.90 Å². The number of halogens is 1. The van der Waals surface area contributed by atoms with E-state index in [0.29, 0.717) is 17.0 Å². The number of ether oxygens (including phenoxy) is 1. The zero-order chi connectivity index (χ0) is 22.2. The van der Waals surface area contributed by atoms with Gasteiger partial charge in [0.15, 0.2) is 6.10 Å². The van der Waals surface area contributed by atoms with Crippen molar-refractivity contribution in [1.29, 1.82) is 0 Å². The summed E-state index contributed by atoms with van der Waals surface area (Å²) in [4.78, 5) is 13.6. The Bertz CT molecular complexity index is 937. The number of aliphatic hydroxyl groups is 1. The molecule has 1 N–H and O–H groups in total. The van der Waals surface area contributed by atoms with E-state index in [4.69, 9.17) is 4.74 Å². The summed E-state index contributed by atoms with van der Waals surface area (Å²) < 4.78 is 7.28. The van der Waals surface area contributed by atoms with E-state index in [0.717, 1.165) is 35.0 Å². The summed E-state index contributed by atoms with van der Waals surface area (Å²) in [7, 11) is 0. The standard InChI is InChI=1S/C28H36NO3.BrH/c1-2-3-4-5-10-17-29-18-15-21(16-19-29)26(20-29)32-27(30)28(31)24-13-8-6-11-22(24)23-12-7-9-14-25(23)28;/h6-9,11-14,21,26,31H,2-5,10,15-20H2,1H3;1H/q+1;/p-1/t21?,26-,29?;/m0./s1. The van der Waals surface area contributed by atoms with Crippen LogP contribution in [0.3, 0.4) is 0 Å². The number of benzene rings is 2. The third-order valence-electron chi connectivity index (χ3n) is 8.26. The zero-order valence-electron chi connectivity index (χ0n) is 19.6. The van der Waals surface area contributed by atoms with Crippen LogP contribution in [0.15, 0.2) is 48.5 Å². The molecular formula is C28H36BrNO3. The normalized spacial score (nSPS) is 26.2. The maximum absolute atomic E-state index is 13.6. The molecule has 0 spiro atoms. The molecule has 1 atom stereocenters. The smallest absolute Gasteiger partial charge is 0.348 e. The summed E-state index contributed by atoms with van der Waals surface area (Å²) in [5.74, 6) is -0.0794. The molecule has 4 aliphatic rings. The summed E-state index contributed by atoms with van der Waals surface area (Å²) >= 11 is 0. The van der Waals surface area contributed by atoms with Gasteiger partial charge >= 0.3 is 5.97 Å². The van der Waals surface area contributed by atoms with Gasteiger partial charge in [0.1, 0.15) is 6.54 Å². The van der Waals surface area contributed by atoms with Gasteiger partial charge in [-0.2, -0.15) is 0 Å². The Morgan fingerprint density at radius 2 is 1.55 bits per heavy atom. The second kappa shape index (κ2) is 9.89. The molecule has 3 fully saturated rings. The fourth-order valence-corrected chi connectivity index (χ4v) is 6.37. The molecule has 3 heterocycles. The van der Waals surface area contributed by atoms with Crippen molar-refractivity contribution in [2.75, 3.05) is 26.2 Å². The highest BCUT2D eigenvalue weighted by molar-refractivity contribution is 5.96. The van der Waals surface area contributed by atoms with Crippen LogP contribution < -0.4 is 17.0 Å². The van der Waals surface area contributed by atoms with Gasteiger partial charge in [0, 0.05) is 29.9 Å². The monoisotopic (exact) mass is 513 g/mol. The van der Waals surface area contributed by atoms with Gasteiger partial charge in [0.25, 0.3) is 0 Å².